The van der Waals surface area contributed by atoms with Gasteiger partial charge in [-0.1, -0.05) is 18.6 Å². The van der Waals surface area contributed by atoms with Crippen molar-refractivity contribution >= 4 is 33.0 Å². The summed E-state index contributed by atoms with van der Waals surface area (Å²) < 4.78 is 23.6. The Morgan fingerprint density at radius 1 is 1.47 bits per heavy atom. The number of carbonyl (C=O) groups excluding carboxylic acids is 1. The van der Waals surface area contributed by atoms with Crippen molar-refractivity contribution in [3.8, 4) is 0 Å². The van der Waals surface area contributed by atoms with Gasteiger partial charge in [0.05, 0.1) is 16.8 Å². The molecule has 0 saturated carbocycles. The second kappa shape index (κ2) is 5.30. The number of nitrogens with two attached hydrogens (primary N) is 1. The van der Waals surface area contributed by atoms with Crippen LogP contribution in [0.1, 0.15) is 26.2 Å². The topological polar surface area (TPSA) is 80.5 Å². The molecule has 1 aliphatic heterocycles. The van der Waals surface area contributed by atoms with Gasteiger partial charge in [-0.2, -0.15) is 0 Å². The fourth-order valence-electron chi connectivity index (χ4n) is 1.84. The maximum Gasteiger partial charge on any atom is 0.241 e. The third-order valence-electron chi connectivity index (χ3n) is 3.19. The summed E-state index contributed by atoms with van der Waals surface area (Å²) in [5.41, 5.74) is 5.46. The predicted molar refractivity (Wildman–Crippen MR) is 70.4 cm³/mol. The van der Waals surface area contributed by atoms with Gasteiger partial charge < -0.3 is 10.6 Å². The molecule has 2 atom stereocenters. The van der Waals surface area contributed by atoms with Crippen LogP contribution in [0.5, 0.6) is 0 Å². The molecule has 1 saturated heterocycles. The van der Waals surface area contributed by atoms with Gasteiger partial charge in [-0.05, 0) is 19.8 Å². The predicted octanol–water partition coefficient (Wildman–Crippen LogP) is 0.0867. The number of hydrogen-bond donors (Lipinski definition) is 1. The summed E-state index contributed by atoms with van der Waals surface area (Å²) in [6.07, 6.45) is 1.81. The molecule has 2 N–H and O–H groups in total. The van der Waals surface area contributed by atoms with Crippen molar-refractivity contribution in [1.29, 1.82) is 0 Å². The first kappa shape index (κ1) is 14.4. The van der Waals surface area contributed by atoms with Crippen LogP contribution in [-0.2, 0) is 14.6 Å². The minimum atomic E-state index is -3.30. The highest BCUT2D eigenvalue weighted by Crippen LogP contribution is 2.21. The zero-order valence-corrected chi connectivity index (χ0v) is 11.7. The number of nitrogens with zero attached hydrogens (tertiary/aromatic N) is 1. The van der Waals surface area contributed by atoms with E-state index in [4.69, 9.17) is 18.0 Å². The van der Waals surface area contributed by atoms with Gasteiger partial charge >= 0.3 is 0 Å². The quantitative estimate of drug-likeness (QED) is 0.740. The molecule has 98 valence electrons. The number of carbonyl (C=O) groups is 1. The van der Waals surface area contributed by atoms with Gasteiger partial charge in [0.15, 0.2) is 9.84 Å². The number of thiocarbonyl (C=S) groups is 1. The highest BCUT2D eigenvalue weighted by atomic mass is 32.2. The Morgan fingerprint density at radius 2 is 2.06 bits per heavy atom. The van der Waals surface area contributed by atoms with Gasteiger partial charge in [-0.25, -0.2) is 8.42 Å². The molecule has 7 heteroatoms. The first-order valence-corrected chi connectivity index (χ1v) is 7.67. The summed E-state index contributed by atoms with van der Waals surface area (Å²) >= 11 is 4.81. The maximum absolute atomic E-state index is 12.1. The highest BCUT2D eigenvalue weighted by Gasteiger charge is 2.37. The Morgan fingerprint density at radius 3 is 2.53 bits per heavy atom. The Hall–Kier alpha value is -0.690. The van der Waals surface area contributed by atoms with E-state index in [1.54, 1.807) is 6.92 Å². The molecule has 1 amide bonds. The van der Waals surface area contributed by atoms with Crippen molar-refractivity contribution in [2.24, 2.45) is 5.73 Å². The van der Waals surface area contributed by atoms with Gasteiger partial charge in [0.25, 0.3) is 0 Å². The van der Waals surface area contributed by atoms with Crippen LogP contribution in [0.2, 0.25) is 0 Å². The first-order valence-electron chi connectivity index (χ1n) is 5.55. The number of rotatable bonds is 3. The van der Waals surface area contributed by atoms with Crippen LogP contribution in [-0.4, -0.2) is 48.3 Å². The van der Waals surface area contributed by atoms with Gasteiger partial charge in [-0.3, -0.25) is 4.79 Å². The van der Waals surface area contributed by atoms with Crippen LogP contribution in [0.4, 0.5) is 0 Å². The molecule has 0 radical (unpaired) electrons. The monoisotopic (exact) mass is 278 g/mol. The Kier molecular flexibility index (Phi) is 4.48. The molecule has 0 aliphatic carbocycles. The van der Waals surface area contributed by atoms with Crippen LogP contribution in [0.3, 0.4) is 0 Å². The molecule has 1 aliphatic rings. The SMILES string of the molecule is CC(C(N)=S)N(C)C(=O)C1CCCCS1(=O)=O. The second-order valence-electron chi connectivity index (χ2n) is 4.38. The van der Waals surface area contributed by atoms with Crippen LogP contribution in [0.15, 0.2) is 0 Å². The minimum Gasteiger partial charge on any atom is -0.392 e. The normalized spacial score (nSPS) is 24.9. The number of sulfone groups is 1. The lowest BCUT2D eigenvalue weighted by Gasteiger charge is -2.29. The summed E-state index contributed by atoms with van der Waals surface area (Å²) in [6.45, 7) is 1.69. The third kappa shape index (κ3) is 3.16. The van der Waals surface area contributed by atoms with E-state index in [2.05, 4.69) is 0 Å². The van der Waals surface area contributed by atoms with E-state index in [1.165, 1.54) is 11.9 Å². The molecule has 2 unspecified atom stereocenters. The van der Waals surface area contributed by atoms with Crippen molar-refractivity contribution in [2.45, 2.75) is 37.5 Å². The number of hydrogen-bond acceptors (Lipinski definition) is 4. The van der Waals surface area contributed by atoms with Crippen molar-refractivity contribution < 1.29 is 13.2 Å². The lowest BCUT2D eigenvalue weighted by atomic mass is 10.1. The highest BCUT2D eigenvalue weighted by molar-refractivity contribution is 7.92. The Bertz CT molecular complexity index is 419. The summed E-state index contributed by atoms with van der Waals surface area (Å²) in [5, 5.41) is -0.918. The van der Waals surface area contributed by atoms with E-state index in [-0.39, 0.29) is 10.7 Å². The second-order valence-corrected chi connectivity index (χ2v) is 7.15. The average Bonchev–Trinajstić information content (AvgIpc) is 2.25. The van der Waals surface area contributed by atoms with Gasteiger partial charge in [-0.15, -0.1) is 0 Å². The van der Waals surface area contributed by atoms with Crippen molar-refractivity contribution in [2.75, 3.05) is 12.8 Å². The molecule has 0 spiro atoms. The lowest BCUT2D eigenvalue weighted by Crippen LogP contribution is -2.50. The van der Waals surface area contributed by atoms with Gasteiger partial charge in [0, 0.05) is 7.05 Å². The molecule has 0 aromatic rings. The Labute approximate surface area is 107 Å². The fraction of sp³-hybridized carbons (Fsp3) is 0.800. The smallest absolute Gasteiger partial charge is 0.241 e. The van der Waals surface area contributed by atoms with Crippen LogP contribution in [0, 0.1) is 0 Å². The summed E-state index contributed by atoms with van der Waals surface area (Å²) in [6, 6.07) is -0.422. The van der Waals surface area contributed by atoms with Gasteiger partial charge in [0.2, 0.25) is 5.91 Å². The average molecular weight is 278 g/mol. The standard InChI is InChI=1S/C10H18N2O3S2/c1-7(9(11)16)12(2)10(13)8-5-3-4-6-17(8,14)15/h7-8H,3-6H2,1-2H3,(H2,11,16). The van der Waals surface area contributed by atoms with Crippen LogP contribution in [0.25, 0.3) is 0 Å². The molecule has 5 nitrogen and oxygen atoms in total. The summed E-state index contributed by atoms with van der Waals surface area (Å²) in [4.78, 5) is 13.6. The fourth-order valence-corrected chi connectivity index (χ4v) is 3.89. The minimum absolute atomic E-state index is 0.0959. The summed E-state index contributed by atoms with van der Waals surface area (Å²) in [7, 11) is -1.76. The van der Waals surface area contributed by atoms with Crippen LogP contribution >= 0.6 is 12.2 Å². The van der Waals surface area contributed by atoms with E-state index in [0.717, 1.165) is 6.42 Å². The molecular weight excluding hydrogens is 260 g/mol. The van der Waals surface area contributed by atoms with E-state index in [9.17, 15) is 13.2 Å². The van der Waals surface area contributed by atoms with Crippen molar-refractivity contribution in [3.63, 3.8) is 0 Å². The largest absolute Gasteiger partial charge is 0.392 e. The molecule has 1 fully saturated rings. The maximum atomic E-state index is 12.1. The Balaban J connectivity index is 2.85. The molecule has 0 aromatic heterocycles. The van der Waals surface area contributed by atoms with E-state index >= 15 is 0 Å². The lowest BCUT2D eigenvalue weighted by molar-refractivity contribution is -0.130. The summed E-state index contributed by atoms with van der Waals surface area (Å²) in [5.74, 6) is -0.302. The molecule has 0 bridgehead atoms. The molecule has 1 rings (SSSR count). The van der Waals surface area contributed by atoms with E-state index < -0.39 is 27.0 Å². The van der Waals surface area contributed by atoms with Crippen LogP contribution < -0.4 is 5.73 Å². The number of amides is 1. The molecule has 17 heavy (non-hydrogen) atoms. The number of likely N-dealkylation sites (N-methyl/N-ethyl adjacent to an activating group) is 1. The molecule has 1 heterocycles. The molecular formula is C10H18N2O3S2. The zero-order chi connectivity index (χ0) is 13.2. The van der Waals surface area contributed by atoms with E-state index in [0.29, 0.717) is 12.8 Å². The van der Waals surface area contributed by atoms with Crippen molar-refractivity contribution in [3.05, 3.63) is 0 Å². The van der Waals surface area contributed by atoms with Crippen molar-refractivity contribution in [1.82, 2.24) is 4.90 Å². The molecule has 0 aromatic carbocycles. The zero-order valence-electron chi connectivity index (χ0n) is 10.0. The first-order chi connectivity index (χ1) is 7.77. The third-order valence-corrected chi connectivity index (χ3v) is 5.70. The van der Waals surface area contributed by atoms with Gasteiger partial charge in [0.1, 0.15) is 5.25 Å². The van der Waals surface area contributed by atoms with E-state index in [1.807, 2.05) is 0 Å².